The van der Waals surface area contributed by atoms with Gasteiger partial charge in [-0.1, -0.05) is 12.1 Å². The van der Waals surface area contributed by atoms with Gasteiger partial charge in [0.25, 0.3) is 0 Å². The van der Waals surface area contributed by atoms with E-state index in [4.69, 9.17) is 0 Å². The van der Waals surface area contributed by atoms with Crippen molar-refractivity contribution in [1.82, 2.24) is 4.98 Å². The summed E-state index contributed by atoms with van der Waals surface area (Å²) < 4.78 is 13.4. The van der Waals surface area contributed by atoms with Crippen molar-refractivity contribution in [2.24, 2.45) is 0 Å². The molecule has 0 unspecified atom stereocenters. The first-order chi connectivity index (χ1) is 7.22. The van der Waals surface area contributed by atoms with E-state index < -0.39 is 0 Å². The van der Waals surface area contributed by atoms with Gasteiger partial charge in [-0.05, 0) is 24.6 Å². The summed E-state index contributed by atoms with van der Waals surface area (Å²) in [5.41, 5.74) is 1.92. The molecular formula is C12H10FNO. The number of para-hydroxylation sites is 1. The van der Waals surface area contributed by atoms with Crippen LogP contribution in [0.15, 0.2) is 24.3 Å². The molecule has 0 aliphatic carbocycles. The molecule has 0 atom stereocenters. The van der Waals surface area contributed by atoms with Crippen LogP contribution in [0.4, 0.5) is 4.39 Å². The number of pyridine rings is 1. The molecule has 1 aromatic carbocycles. The van der Waals surface area contributed by atoms with E-state index in [1.54, 1.807) is 19.1 Å². The molecule has 0 aliphatic rings. The Labute approximate surface area is 86.8 Å². The molecule has 3 heteroatoms. The molecule has 15 heavy (non-hydrogen) atoms. The topological polar surface area (TPSA) is 30.0 Å². The van der Waals surface area contributed by atoms with Gasteiger partial charge in [-0.25, -0.2) is 9.37 Å². The molecule has 0 aliphatic heterocycles. The molecule has 0 saturated heterocycles. The third-order valence-electron chi connectivity index (χ3n) is 2.40. The smallest absolute Gasteiger partial charge is 0.149 e. The fourth-order valence-corrected chi connectivity index (χ4v) is 1.59. The van der Waals surface area contributed by atoms with Crippen LogP contribution in [0, 0.1) is 12.7 Å². The number of nitrogens with zero attached hydrogens (tertiary/aromatic N) is 1. The minimum absolute atomic E-state index is 0.325. The van der Waals surface area contributed by atoms with E-state index in [1.165, 1.54) is 6.07 Å². The van der Waals surface area contributed by atoms with Crippen LogP contribution < -0.4 is 0 Å². The van der Waals surface area contributed by atoms with Gasteiger partial charge in [-0.2, -0.15) is 0 Å². The quantitative estimate of drug-likeness (QED) is 0.701. The number of carbonyl (C=O) groups is 1. The highest BCUT2D eigenvalue weighted by Gasteiger charge is 2.05. The lowest BCUT2D eigenvalue weighted by Crippen LogP contribution is -1.96. The SMILES string of the molecule is Cc1nc2c(F)cccc2cc1CC=O. The molecule has 0 radical (unpaired) electrons. The van der Waals surface area contributed by atoms with Gasteiger partial charge in [0.05, 0.1) is 0 Å². The van der Waals surface area contributed by atoms with Crippen molar-refractivity contribution in [1.29, 1.82) is 0 Å². The molecule has 2 nitrogen and oxygen atoms in total. The van der Waals surface area contributed by atoms with E-state index in [9.17, 15) is 9.18 Å². The number of rotatable bonds is 2. The molecule has 0 fully saturated rings. The largest absolute Gasteiger partial charge is 0.303 e. The number of aldehydes is 1. The Morgan fingerprint density at radius 1 is 1.47 bits per heavy atom. The van der Waals surface area contributed by atoms with Crippen molar-refractivity contribution in [2.45, 2.75) is 13.3 Å². The Morgan fingerprint density at radius 2 is 2.27 bits per heavy atom. The summed E-state index contributed by atoms with van der Waals surface area (Å²) in [5, 5.41) is 0.734. The first kappa shape index (κ1) is 9.77. The van der Waals surface area contributed by atoms with Crippen LogP contribution in [0.5, 0.6) is 0 Å². The monoisotopic (exact) mass is 203 g/mol. The van der Waals surface area contributed by atoms with Crippen molar-refractivity contribution in [3.05, 3.63) is 41.3 Å². The molecular weight excluding hydrogens is 193 g/mol. The Kier molecular flexibility index (Phi) is 2.46. The van der Waals surface area contributed by atoms with Crippen molar-refractivity contribution in [3.8, 4) is 0 Å². The van der Waals surface area contributed by atoms with Crippen LogP contribution in [-0.4, -0.2) is 11.3 Å². The predicted molar refractivity (Wildman–Crippen MR) is 56.2 cm³/mol. The zero-order valence-electron chi connectivity index (χ0n) is 8.33. The predicted octanol–water partition coefficient (Wildman–Crippen LogP) is 2.42. The van der Waals surface area contributed by atoms with E-state index in [2.05, 4.69) is 4.98 Å². The van der Waals surface area contributed by atoms with Crippen LogP contribution in [0.3, 0.4) is 0 Å². The lowest BCUT2D eigenvalue weighted by molar-refractivity contribution is -0.107. The minimum Gasteiger partial charge on any atom is -0.303 e. The van der Waals surface area contributed by atoms with E-state index in [0.717, 1.165) is 17.2 Å². The molecule has 2 rings (SSSR count). The zero-order valence-corrected chi connectivity index (χ0v) is 8.33. The number of hydrogen-bond donors (Lipinski definition) is 0. The number of fused-ring (bicyclic) bond motifs is 1. The Balaban J connectivity index is 2.70. The number of halogens is 1. The second-order valence-corrected chi connectivity index (χ2v) is 3.42. The maximum atomic E-state index is 13.4. The minimum atomic E-state index is -0.326. The molecule has 1 aromatic heterocycles. The highest BCUT2D eigenvalue weighted by atomic mass is 19.1. The second kappa shape index (κ2) is 3.77. The van der Waals surface area contributed by atoms with Gasteiger partial charge in [0, 0.05) is 17.5 Å². The fraction of sp³-hybridized carbons (Fsp3) is 0.167. The molecule has 0 bridgehead atoms. The lowest BCUT2D eigenvalue weighted by Gasteiger charge is -2.04. The maximum absolute atomic E-state index is 13.4. The van der Waals surface area contributed by atoms with Crippen LogP contribution in [0.1, 0.15) is 11.3 Å². The van der Waals surface area contributed by atoms with Gasteiger partial charge in [0.2, 0.25) is 0 Å². The van der Waals surface area contributed by atoms with Crippen LogP contribution in [0.25, 0.3) is 10.9 Å². The van der Waals surface area contributed by atoms with Gasteiger partial charge >= 0.3 is 0 Å². The Morgan fingerprint density at radius 3 is 3.00 bits per heavy atom. The summed E-state index contributed by atoms with van der Waals surface area (Å²) in [5.74, 6) is -0.326. The summed E-state index contributed by atoms with van der Waals surface area (Å²) in [7, 11) is 0. The van der Waals surface area contributed by atoms with Gasteiger partial charge in [-0.15, -0.1) is 0 Å². The number of carbonyl (C=O) groups excluding carboxylic acids is 1. The lowest BCUT2D eigenvalue weighted by atomic mass is 10.1. The first-order valence-electron chi connectivity index (χ1n) is 4.71. The van der Waals surface area contributed by atoms with Gasteiger partial charge in [0.1, 0.15) is 17.6 Å². The van der Waals surface area contributed by atoms with Crippen LogP contribution in [-0.2, 0) is 11.2 Å². The molecule has 76 valence electrons. The number of benzene rings is 1. The maximum Gasteiger partial charge on any atom is 0.149 e. The number of hydrogen-bond acceptors (Lipinski definition) is 2. The molecule has 1 heterocycles. The van der Waals surface area contributed by atoms with Crippen molar-refractivity contribution < 1.29 is 9.18 Å². The van der Waals surface area contributed by atoms with Gasteiger partial charge in [0.15, 0.2) is 0 Å². The van der Waals surface area contributed by atoms with Crippen molar-refractivity contribution in [3.63, 3.8) is 0 Å². The summed E-state index contributed by atoms with van der Waals surface area (Å²) in [4.78, 5) is 14.6. The molecule has 2 aromatic rings. The number of aromatic nitrogens is 1. The summed E-state index contributed by atoms with van der Waals surface area (Å²) in [6, 6.07) is 6.63. The highest BCUT2D eigenvalue weighted by molar-refractivity contribution is 5.80. The van der Waals surface area contributed by atoms with Gasteiger partial charge < -0.3 is 4.79 Å². The summed E-state index contributed by atoms with van der Waals surface area (Å²) in [6.45, 7) is 1.78. The molecule has 0 N–H and O–H groups in total. The molecule has 0 spiro atoms. The molecule has 0 saturated carbocycles. The van der Waals surface area contributed by atoms with Crippen molar-refractivity contribution >= 4 is 17.2 Å². The van der Waals surface area contributed by atoms with E-state index in [1.807, 2.05) is 6.07 Å². The Hall–Kier alpha value is -1.77. The number of aryl methyl sites for hydroxylation is 1. The van der Waals surface area contributed by atoms with E-state index >= 15 is 0 Å². The standard InChI is InChI=1S/C12H10FNO/c1-8-9(5-6-15)7-10-3-2-4-11(13)12(10)14-8/h2-4,6-7H,5H2,1H3. The second-order valence-electron chi connectivity index (χ2n) is 3.42. The summed E-state index contributed by atoms with van der Waals surface area (Å²) in [6.07, 6.45) is 1.15. The normalized spacial score (nSPS) is 10.5. The third kappa shape index (κ3) is 1.73. The van der Waals surface area contributed by atoms with Crippen molar-refractivity contribution in [2.75, 3.05) is 0 Å². The van der Waals surface area contributed by atoms with E-state index in [0.29, 0.717) is 17.6 Å². The van der Waals surface area contributed by atoms with Crippen LogP contribution >= 0.6 is 0 Å². The Bertz CT molecular complexity index is 522. The summed E-state index contributed by atoms with van der Waals surface area (Å²) >= 11 is 0. The van der Waals surface area contributed by atoms with Crippen LogP contribution in [0.2, 0.25) is 0 Å². The van der Waals surface area contributed by atoms with Gasteiger partial charge in [-0.3, -0.25) is 0 Å². The average Bonchev–Trinajstić information content (AvgIpc) is 2.21. The average molecular weight is 203 g/mol. The fourth-order valence-electron chi connectivity index (χ4n) is 1.59. The molecule has 0 amide bonds. The zero-order chi connectivity index (χ0) is 10.8. The van der Waals surface area contributed by atoms with E-state index in [-0.39, 0.29) is 5.82 Å². The highest BCUT2D eigenvalue weighted by Crippen LogP contribution is 2.18. The first-order valence-corrected chi connectivity index (χ1v) is 4.71. The third-order valence-corrected chi connectivity index (χ3v) is 2.40.